The van der Waals surface area contributed by atoms with Crippen molar-refractivity contribution in [3.05, 3.63) is 78.6 Å². The lowest BCUT2D eigenvalue weighted by Crippen LogP contribution is -2.47. The molecule has 2 aromatic carbocycles. The van der Waals surface area contributed by atoms with Crippen molar-refractivity contribution in [2.75, 3.05) is 22.9 Å². The molecule has 2 fully saturated rings. The Kier molecular flexibility index (Phi) is 7.84. The molecule has 1 saturated carbocycles. The number of piperidine rings is 1. The molecule has 2 amide bonds. The SMILES string of the molecule is C=CC(=O)N1CC2CC(Nc3ncnc(N)c3C(=N)c3ccc(Oc4cccc(NC(=O)OC(C)(C)C)c4)cc3)C1C2. The van der Waals surface area contributed by atoms with E-state index in [-0.39, 0.29) is 29.5 Å². The van der Waals surface area contributed by atoms with E-state index in [1.165, 1.54) is 12.4 Å². The van der Waals surface area contributed by atoms with Crippen molar-refractivity contribution < 1.29 is 19.1 Å². The standard InChI is InChI=1S/C31H35N7O4/c1-5-25(39)38-16-18-13-23(24(38)14-18)37-29-26(28(33)34-17-35-29)27(32)19-9-11-21(12-10-19)41-22-8-6-7-20(15-22)36-30(40)42-31(2,3)4/h5-12,15,17-18,23-24,32H,1,13-14,16H2,2-4H3,(H,36,40)(H3,33,34,35,37). The van der Waals surface area contributed by atoms with Crippen molar-refractivity contribution in [2.24, 2.45) is 5.92 Å². The second kappa shape index (κ2) is 11.5. The third-order valence-corrected chi connectivity index (χ3v) is 7.25. The molecule has 5 rings (SSSR count). The Morgan fingerprint density at radius 2 is 1.88 bits per heavy atom. The Balaban J connectivity index is 1.28. The van der Waals surface area contributed by atoms with E-state index in [4.69, 9.17) is 20.6 Å². The zero-order valence-corrected chi connectivity index (χ0v) is 23.9. The first kappa shape index (κ1) is 28.6. The fourth-order valence-electron chi connectivity index (χ4n) is 5.51. The number of hydrogen-bond acceptors (Lipinski definition) is 9. The number of nitrogens with zero attached hydrogens (tertiary/aromatic N) is 3. The lowest BCUT2D eigenvalue weighted by Gasteiger charge is -2.33. The smallest absolute Gasteiger partial charge is 0.412 e. The van der Waals surface area contributed by atoms with Crippen molar-refractivity contribution in [2.45, 2.75) is 51.3 Å². The lowest BCUT2D eigenvalue weighted by molar-refractivity contribution is -0.127. The van der Waals surface area contributed by atoms with E-state index < -0.39 is 11.7 Å². The van der Waals surface area contributed by atoms with Crippen LogP contribution in [0.2, 0.25) is 0 Å². The monoisotopic (exact) mass is 569 g/mol. The van der Waals surface area contributed by atoms with Crippen molar-refractivity contribution >= 4 is 35.0 Å². The van der Waals surface area contributed by atoms with Gasteiger partial charge in [0.15, 0.2) is 0 Å². The second-order valence-electron chi connectivity index (χ2n) is 11.5. The number of hydrogen-bond donors (Lipinski definition) is 4. The molecule has 3 unspecified atom stereocenters. The summed E-state index contributed by atoms with van der Waals surface area (Å²) in [6.45, 7) is 9.76. The molecule has 5 N–H and O–H groups in total. The summed E-state index contributed by atoms with van der Waals surface area (Å²) < 4.78 is 11.3. The number of carbonyl (C=O) groups excluding carboxylic acids is 2. The van der Waals surface area contributed by atoms with E-state index in [1.807, 2.05) is 4.90 Å². The number of nitrogen functional groups attached to an aromatic ring is 1. The van der Waals surface area contributed by atoms with Gasteiger partial charge in [0.1, 0.15) is 35.1 Å². The number of carbonyl (C=O) groups is 2. The summed E-state index contributed by atoms with van der Waals surface area (Å²) in [5.41, 5.74) is 7.34. The zero-order chi connectivity index (χ0) is 30.0. The molecule has 2 bridgehead atoms. The predicted octanol–water partition coefficient (Wildman–Crippen LogP) is 5.20. The first-order chi connectivity index (χ1) is 20.0. The van der Waals surface area contributed by atoms with Crippen molar-refractivity contribution in [1.29, 1.82) is 5.41 Å². The van der Waals surface area contributed by atoms with Gasteiger partial charge >= 0.3 is 6.09 Å². The summed E-state index contributed by atoms with van der Waals surface area (Å²) in [4.78, 5) is 34.8. The zero-order valence-electron chi connectivity index (χ0n) is 23.9. The third kappa shape index (κ3) is 6.35. The van der Waals surface area contributed by atoms with E-state index in [2.05, 4.69) is 27.2 Å². The predicted molar refractivity (Wildman–Crippen MR) is 161 cm³/mol. The Bertz CT molecular complexity index is 1520. The minimum absolute atomic E-state index is 0.00940. The van der Waals surface area contributed by atoms with Gasteiger partial charge in [-0.1, -0.05) is 12.6 Å². The Morgan fingerprint density at radius 3 is 2.57 bits per heavy atom. The van der Waals surface area contributed by atoms with Crippen molar-refractivity contribution in [3.8, 4) is 11.5 Å². The Hall–Kier alpha value is -4.93. The van der Waals surface area contributed by atoms with Gasteiger partial charge in [-0.3, -0.25) is 15.5 Å². The van der Waals surface area contributed by atoms with Gasteiger partial charge in [-0.15, -0.1) is 0 Å². The molecule has 2 heterocycles. The average molecular weight is 570 g/mol. The average Bonchev–Trinajstić information content (AvgIpc) is 3.53. The summed E-state index contributed by atoms with van der Waals surface area (Å²) in [6, 6.07) is 14.0. The first-order valence-electron chi connectivity index (χ1n) is 13.8. The summed E-state index contributed by atoms with van der Waals surface area (Å²) in [7, 11) is 0. The largest absolute Gasteiger partial charge is 0.457 e. The molecule has 11 heteroatoms. The van der Waals surface area contributed by atoms with E-state index >= 15 is 0 Å². The maximum atomic E-state index is 12.3. The number of amides is 2. The fourth-order valence-corrected chi connectivity index (χ4v) is 5.51. The third-order valence-electron chi connectivity index (χ3n) is 7.25. The molecular formula is C31H35N7O4. The van der Waals surface area contributed by atoms with Crippen LogP contribution in [0.3, 0.4) is 0 Å². The van der Waals surface area contributed by atoms with Gasteiger partial charge in [-0.05, 0) is 82.0 Å². The van der Waals surface area contributed by atoms with Crippen molar-refractivity contribution in [3.63, 3.8) is 0 Å². The number of fused-ring (bicyclic) bond motifs is 2. The minimum Gasteiger partial charge on any atom is -0.457 e. The summed E-state index contributed by atoms with van der Waals surface area (Å²) in [6.07, 6.45) is 4.00. The maximum absolute atomic E-state index is 12.3. The van der Waals surface area contributed by atoms with Crippen molar-refractivity contribution in [1.82, 2.24) is 14.9 Å². The van der Waals surface area contributed by atoms with Gasteiger partial charge in [-0.2, -0.15) is 0 Å². The van der Waals surface area contributed by atoms with Gasteiger partial charge in [0.05, 0.1) is 17.3 Å². The quantitative estimate of drug-likeness (QED) is 0.213. The molecule has 0 radical (unpaired) electrons. The van der Waals surface area contributed by atoms with Gasteiger partial charge < -0.3 is 25.4 Å². The minimum atomic E-state index is -0.607. The van der Waals surface area contributed by atoms with Gasteiger partial charge in [0.2, 0.25) is 5.91 Å². The van der Waals surface area contributed by atoms with E-state index in [0.717, 1.165) is 19.4 Å². The first-order valence-corrected chi connectivity index (χ1v) is 13.8. The summed E-state index contributed by atoms with van der Waals surface area (Å²) in [5.74, 6) is 2.07. The van der Waals surface area contributed by atoms with Crippen LogP contribution in [-0.4, -0.2) is 56.8 Å². The van der Waals surface area contributed by atoms with E-state index in [0.29, 0.717) is 40.0 Å². The van der Waals surface area contributed by atoms with Crippen LogP contribution in [0.15, 0.2) is 67.5 Å². The molecule has 42 heavy (non-hydrogen) atoms. The summed E-state index contributed by atoms with van der Waals surface area (Å²) >= 11 is 0. The Labute approximate surface area is 244 Å². The van der Waals surface area contributed by atoms with Crippen LogP contribution in [0.25, 0.3) is 0 Å². The van der Waals surface area contributed by atoms with Crippen LogP contribution < -0.4 is 21.1 Å². The molecular weight excluding hydrogens is 534 g/mol. The molecule has 11 nitrogen and oxygen atoms in total. The highest BCUT2D eigenvalue weighted by Gasteiger charge is 2.46. The topological polar surface area (TPSA) is 156 Å². The van der Waals surface area contributed by atoms with E-state index in [9.17, 15) is 9.59 Å². The molecule has 1 aliphatic carbocycles. The second-order valence-corrected chi connectivity index (χ2v) is 11.5. The molecule has 1 aliphatic heterocycles. The number of aromatic nitrogens is 2. The highest BCUT2D eigenvalue weighted by Crippen LogP contribution is 2.40. The molecule has 2 aliphatic rings. The fraction of sp³-hybridized carbons (Fsp3) is 0.323. The van der Waals surface area contributed by atoms with Crippen LogP contribution in [0, 0.1) is 11.3 Å². The van der Waals surface area contributed by atoms with Gasteiger partial charge in [0, 0.05) is 29.9 Å². The van der Waals surface area contributed by atoms with Crippen LogP contribution in [0.4, 0.5) is 22.1 Å². The van der Waals surface area contributed by atoms with Crippen LogP contribution in [0.1, 0.15) is 44.7 Å². The Morgan fingerprint density at radius 1 is 1.12 bits per heavy atom. The molecule has 0 spiro atoms. The number of nitrogens with one attached hydrogen (secondary N) is 3. The highest BCUT2D eigenvalue weighted by molar-refractivity contribution is 6.16. The molecule has 1 aromatic heterocycles. The highest BCUT2D eigenvalue weighted by atomic mass is 16.6. The van der Waals surface area contributed by atoms with Crippen LogP contribution in [0.5, 0.6) is 11.5 Å². The number of ether oxygens (including phenoxy) is 2. The van der Waals surface area contributed by atoms with Crippen LogP contribution in [-0.2, 0) is 9.53 Å². The van der Waals surface area contributed by atoms with Crippen LogP contribution >= 0.6 is 0 Å². The lowest BCUT2D eigenvalue weighted by atomic mass is 10.0. The number of likely N-dealkylation sites (tertiary alicyclic amines) is 1. The number of benzene rings is 2. The molecule has 3 atom stereocenters. The van der Waals surface area contributed by atoms with E-state index in [1.54, 1.807) is 69.3 Å². The van der Waals surface area contributed by atoms with Gasteiger partial charge in [-0.25, -0.2) is 14.8 Å². The number of rotatable bonds is 8. The maximum Gasteiger partial charge on any atom is 0.412 e. The number of nitrogens with two attached hydrogens (primary N) is 1. The molecule has 3 aromatic rings. The summed E-state index contributed by atoms with van der Waals surface area (Å²) in [5, 5.41) is 15.1. The molecule has 1 saturated heterocycles. The number of anilines is 3. The normalized spacial score (nSPS) is 19.2. The molecule has 218 valence electrons. The van der Waals surface area contributed by atoms with Gasteiger partial charge in [0.25, 0.3) is 0 Å².